The summed E-state index contributed by atoms with van der Waals surface area (Å²) in [4.78, 5) is 9.32. The van der Waals surface area contributed by atoms with Crippen LogP contribution >= 0.6 is 11.3 Å². The number of aryl methyl sites for hydroxylation is 1. The van der Waals surface area contributed by atoms with Gasteiger partial charge in [0.15, 0.2) is 0 Å². The van der Waals surface area contributed by atoms with Crippen molar-refractivity contribution in [1.82, 2.24) is 14.8 Å². The van der Waals surface area contributed by atoms with E-state index in [1.807, 2.05) is 6.92 Å². The van der Waals surface area contributed by atoms with Crippen molar-refractivity contribution in [3.05, 3.63) is 16.1 Å². The van der Waals surface area contributed by atoms with Crippen molar-refractivity contribution in [2.24, 2.45) is 5.73 Å². The quantitative estimate of drug-likeness (QED) is 0.887. The van der Waals surface area contributed by atoms with Gasteiger partial charge in [0, 0.05) is 30.4 Å². The summed E-state index contributed by atoms with van der Waals surface area (Å²) < 4.78 is 0. The lowest BCUT2D eigenvalue weighted by Gasteiger charge is -2.32. The molecular formula is C13H24N4S. The molecule has 2 unspecified atom stereocenters. The van der Waals surface area contributed by atoms with Gasteiger partial charge in [-0.3, -0.25) is 0 Å². The summed E-state index contributed by atoms with van der Waals surface area (Å²) in [6.07, 6.45) is 2.11. The van der Waals surface area contributed by atoms with E-state index in [-0.39, 0.29) is 6.04 Å². The highest BCUT2D eigenvalue weighted by molar-refractivity contribution is 7.09. The number of aromatic nitrogens is 1. The monoisotopic (exact) mass is 268 g/mol. The molecule has 1 aromatic heterocycles. The molecule has 2 atom stereocenters. The van der Waals surface area contributed by atoms with Gasteiger partial charge in [0.2, 0.25) is 0 Å². The van der Waals surface area contributed by atoms with Crippen LogP contribution in [-0.2, 0) is 6.42 Å². The minimum atomic E-state index is 0.164. The summed E-state index contributed by atoms with van der Waals surface area (Å²) in [7, 11) is 4.38. The third-order valence-electron chi connectivity index (χ3n) is 3.72. The van der Waals surface area contributed by atoms with Gasteiger partial charge >= 0.3 is 0 Å². The minimum absolute atomic E-state index is 0.164. The number of hydrogen-bond donors (Lipinski definition) is 1. The lowest BCUT2D eigenvalue weighted by molar-refractivity contribution is 0.195. The average Bonchev–Trinajstić information content (AvgIpc) is 2.62. The first-order valence-electron chi connectivity index (χ1n) is 6.61. The Balaban J connectivity index is 1.99. The summed E-state index contributed by atoms with van der Waals surface area (Å²) in [5.74, 6) is 0. The normalized spacial score (nSPS) is 25.0. The Kier molecular flexibility index (Phi) is 4.72. The molecule has 0 aliphatic carbocycles. The number of nitrogens with two attached hydrogens (primary N) is 1. The van der Waals surface area contributed by atoms with Crippen LogP contribution in [0, 0.1) is 6.92 Å². The summed E-state index contributed by atoms with van der Waals surface area (Å²) in [6, 6.07) is 0.594. The lowest BCUT2D eigenvalue weighted by atomic mass is 10.0. The van der Waals surface area contributed by atoms with E-state index >= 15 is 0 Å². The first kappa shape index (κ1) is 13.9. The number of hydrogen-bond acceptors (Lipinski definition) is 5. The molecule has 0 spiro atoms. The van der Waals surface area contributed by atoms with Crippen molar-refractivity contribution in [2.75, 3.05) is 33.7 Å². The van der Waals surface area contributed by atoms with E-state index < -0.39 is 0 Å². The molecule has 4 nitrogen and oxygen atoms in total. The molecule has 1 saturated heterocycles. The highest BCUT2D eigenvalue weighted by Gasteiger charge is 2.26. The van der Waals surface area contributed by atoms with Crippen LogP contribution in [0.4, 0.5) is 0 Å². The van der Waals surface area contributed by atoms with Crippen LogP contribution in [0.5, 0.6) is 0 Å². The van der Waals surface area contributed by atoms with Crippen molar-refractivity contribution in [1.29, 1.82) is 0 Å². The average molecular weight is 268 g/mol. The molecule has 1 aliphatic rings. The molecule has 0 saturated carbocycles. The highest BCUT2D eigenvalue weighted by atomic mass is 32.1. The zero-order valence-electron chi connectivity index (χ0n) is 11.6. The van der Waals surface area contributed by atoms with E-state index in [4.69, 9.17) is 5.73 Å². The molecule has 2 rings (SSSR count). The molecule has 2 heterocycles. The Morgan fingerprint density at radius 1 is 1.50 bits per heavy atom. The van der Waals surface area contributed by atoms with E-state index in [1.165, 1.54) is 13.0 Å². The Labute approximate surface area is 114 Å². The van der Waals surface area contributed by atoms with E-state index in [9.17, 15) is 0 Å². The summed E-state index contributed by atoms with van der Waals surface area (Å²) >= 11 is 1.71. The fraction of sp³-hybridized carbons (Fsp3) is 0.769. The lowest BCUT2D eigenvalue weighted by Crippen LogP contribution is -2.51. The zero-order chi connectivity index (χ0) is 13.1. The van der Waals surface area contributed by atoms with Gasteiger partial charge in [-0.25, -0.2) is 4.98 Å². The van der Waals surface area contributed by atoms with Crippen LogP contribution in [0.25, 0.3) is 0 Å². The predicted octanol–water partition coefficient (Wildman–Crippen LogP) is 0.957. The van der Waals surface area contributed by atoms with Crippen molar-refractivity contribution in [2.45, 2.75) is 31.8 Å². The van der Waals surface area contributed by atoms with Crippen LogP contribution in [0.15, 0.2) is 5.38 Å². The van der Waals surface area contributed by atoms with Crippen molar-refractivity contribution >= 4 is 11.3 Å². The Morgan fingerprint density at radius 2 is 2.28 bits per heavy atom. The molecule has 0 bridgehead atoms. The van der Waals surface area contributed by atoms with Crippen LogP contribution < -0.4 is 5.73 Å². The third kappa shape index (κ3) is 3.51. The maximum Gasteiger partial charge on any atom is 0.0897 e. The zero-order valence-corrected chi connectivity index (χ0v) is 12.4. The highest BCUT2D eigenvalue weighted by Crippen LogP contribution is 2.14. The molecule has 0 radical (unpaired) electrons. The van der Waals surface area contributed by atoms with Gasteiger partial charge in [-0.05, 0) is 40.5 Å². The van der Waals surface area contributed by atoms with E-state index in [0.29, 0.717) is 6.04 Å². The van der Waals surface area contributed by atoms with Gasteiger partial charge in [0.1, 0.15) is 0 Å². The van der Waals surface area contributed by atoms with Gasteiger partial charge in [0.25, 0.3) is 0 Å². The van der Waals surface area contributed by atoms with E-state index in [2.05, 4.69) is 34.3 Å². The van der Waals surface area contributed by atoms with Crippen molar-refractivity contribution in [3.63, 3.8) is 0 Å². The standard InChI is InChI=1S/C13H24N4S/c1-10-15-11(9-18-10)7-12(14)13-8-16(2)5-4-6-17(13)3/h9,12-13H,4-8,14H2,1-3H3. The van der Waals surface area contributed by atoms with Crippen LogP contribution in [-0.4, -0.2) is 60.6 Å². The number of thiazole rings is 1. The van der Waals surface area contributed by atoms with Crippen LogP contribution in [0.1, 0.15) is 17.1 Å². The van der Waals surface area contributed by atoms with E-state index in [0.717, 1.165) is 30.2 Å². The molecule has 1 aromatic rings. The van der Waals surface area contributed by atoms with E-state index in [1.54, 1.807) is 11.3 Å². The molecule has 1 fully saturated rings. The van der Waals surface area contributed by atoms with Gasteiger partial charge in [0.05, 0.1) is 10.7 Å². The fourth-order valence-corrected chi connectivity index (χ4v) is 3.27. The topological polar surface area (TPSA) is 45.4 Å². The Morgan fingerprint density at radius 3 is 2.94 bits per heavy atom. The van der Waals surface area contributed by atoms with Gasteiger partial charge in [-0.2, -0.15) is 0 Å². The van der Waals surface area contributed by atoms with Gasteiger partial charge in [-0.15, -0.1) is 11.3 Å². The Bertz CT molecular complexity index is 379. The predicted molar refractivity (Wildman–Crippen MR) is 77.1 cm³/mol. The van der Waals surface area contributed by atoms with Gasteiger partial charge < -0.3 is 15.5 Å². The van der Waals surface area contributed by atoms with Crippen LogP contribution in [0.2, 0.25) is 0 Å². The van der Waals surface area contributed by atoms with Crippen molar-refractivity contribution in [3.8, 4) is 0 Å². The second-order valence-corrected chi connectivity index (χ2v) is 6.45. The molecular weight excluding hydrogens is 244 g/mol. The maximum absolute atomic E-state index is 6.41. The molecule has 0 aromatic carbocycles. The second-order valence-electron chi connectivity index (χ2n) is 5.39. The summed E-state index contributed by atoms with van der Waals surface area (Å²) in [5.41, 5.74) is 7.55. The van der Waals surface area contributed by atoms with Crippen LogP contribution in [0.3, 0.4) is 0 Å². The molecule has 0 amide bonds. The molecule has 2 N–H and O–H groups in total. The Hall–Kier alpha value is -0.490. The number of likely N-dealkylation sites (N-methyl/N-ethyl adjacent to an activating group) is 2. The first-order valence-corrected chi connectivity index (χ1v) is 7.49. The second kappa shape index (κ2) is 6.10. The third-order valence-corrected chi connectivity index (χ3v) is 4.54. The molecule has 18 heavy (non-hydrogen) atoms. The fourth-order valence-electron chi connectivity index (χ4n) is 2.65. The summed E-state index contributed by atoms with van der Waals surface area (Å²) in [5, 5.41) is 3.26. The smallest absolute Gasteiger partial charge is 0.0897 e. The summed E-state index contributed by atoms with van der Waals surface area (Å²) in [6.45, 7) is 5.41. The maximum atomic E-state index is 6.41. The molecule has 102 valence electrons. The first-order chi connectivity index (χ1) is 8.56. The molecule has 5 heteroatoms. The largest absolute Gasteiger partial charge is 0.326 e. The van der Waals surface area contributed by atoms with Crippen molar-refractivity contribution < 1.29 is 0 Å². The number of rotatable bonds is 3. The van der Waals surface area contributed by atoms with Gasteiger partial charge in [-0.1, -0.05) is 0 Å². The minimum Gasteiger partial charge on any atom is -0.326 e. The SMILES string of the molecule is Cc1nc(CC(N)C2CN(C)CCCN2C)cs1. The molecule has 1 aliphatic heterocycles. The number of nitrogens with zero attached hydrogens (tertiary/aromatic N) is 3.